The van der Waals surface area contributed by atoms with Crippen molar-refractivity contribution in [3.05, 3.63) is 33.8 Å². The van der Waals surface area contributed by atoms with Gasteiger partial charge in [-0.1, -0.05) is 43.1 Å². The normalized spacial score (nSPS) is 17.2. The molecule has 2 rings (SSSR count). The monoisotopic (exact) mass is 285 g/mol. The maximum absolute atomic E-state index is 6.24. The molecule has 1 aromatic rings. The minimum absolute atomic E-state index is 0.392. The Balaban J connectivity index is 1.96. The number of benzene rings is 1. The molecule has 100 valence electrons. The van der Waals surface area contributed by atoms with E-state index < -0.39 is 0 Å². The summed E-state index contributed by atoms with van der Waals surface area (Å²) in [5.41, 5.74) is 1.51. The van der Waals surface area contributed by atoms with Crippen molar-refractivity contribution in [1.82, 2.24) is 5.32 Å². The number of rotatable bonds is 6. The molecule has 18 heavy (non-hydrogen) atoms. The standard InChI is InChI=1S/C15H21Cl2N/c1-11(2)9-18-10-15(6-7-15)8-12-13(16)4-3-5-14(12)17/h3-5,11,18H,6-10H2,1-2H3. The van der Waals surface area contributed by atoms with E-state index in [1.807, 2.05) is 18.2 Å². The van der Waals surface area contributed by atoms with Crippen LogP contribution in [-0.4, -0.2) is 13.1 Å². The highest BCUT2D eigenvalue weighted by molar-refractivity contribution is 6.36. The zero-order valence-corrected chi connectivity index (χ0v) is 12.6. The van der Waals surface area contributed by atoms with Gasteiger partial charge in [0.1, 0.15) is 0 Å². The van der Waals surface area contributed by atoms with Crippen LogP contribution >= 0.6 is 23.2 Å². The summed E-state index contributed by atoms with van der Waals surface area (Å²) in [6.07, 6.45) is 3.55. The first-order chi connectivity index (χ1) is 8.52. The summed E-state index contributed by atoms with van der Waals surface area (Å²) in [6.45, 7) is 6.62. The van der Waals surface area contributed by atoms with Crippen LogP contribution in [0.4, 0.5) is 0 Å². The summed E-state index contributed by atoms with van der Waals surface area (Å²) in [5.74, 6) is 0.699. The van der Waals surface area contributed by atoms with Crippen molar-refractivity contribution in [3.8, 4) is 0 Å². The van der Waals surface area contributed by atoms with Gasteiger partial charge in [0.25, 0.3) is 0 Å². The lowest BCUT2D eigenvalue weighted by Gasteiger charge is -2.18. The average Bonchev–Trinajstić information content (AvgIpc) is 3.04. The van der Waals surface area contributed by atoms with Crippen LogP contribution in [0.2, 0.25) is 10.0 Å². The third-order valence-electron chi connectivity index (χ3n) is 3.62. The van der Waals surface area contributed by atoms with Gasteiger partial charge < -0.3 is 5.32 Å². The SMILES string of the molecule is CC(C)CNCC1(Cc2c(Cl)cccc2Cl)CC1. The summed E-state index contributed by atoms with van der Waals surface area (Å²) in [7, 11) is 0. The van der Waals surface area contributed by atoms with E-state index in [9.17, 15) is 0 Å². The Labute approximate surface area is 120 Å². The van der Waals surface area contributed by atoms with Gasteiger partial charge in [-0.05, 0) is 54.8 Å². The van der Waals surface area contributed by atoms with E-state index in [0.717, 1.165) is 35.1 Å². The minimum Gasteiger partial charge on any atom is -0.316 e. The molecule has 0 atom stereocenters. The highest BCUT2D eigenvalue weighted by Crippen LogP contribution is 2.49. The minimum atomic E-state index is 0.392. The van der Waals surface area contributed by atoms with E-state index >= 15 is 0 Å². The van der Waals surface area contributed by atoms with Gasteiger partial charge in [0.15, 0.2) is 0 Å². The lowest BCUT2D eigenvalue weighted by atomic mass is 9.96. The number of hydrogen-bond acceptors (Lipinski definition) is 1. The van der Waals surface area contributed by atoms with E-state index in [1.165, 1.54) is 12.8 Å². The molecule has 1 fully saturated rings. The molecule has 0 spiro atoms. The molecular weight excluding hydrogens is 265 g/mol. The van der Waals surface area contributed by atoms with Crippen LogP contribution in [0.15, 0.2) is 18.2 Å². The van der Waals surface area contributed by atoms with E-state index in [4.69, 9.17) is 23.2 Å². The first-order valence-electron chi connectivity index (χ1n) is 6.66. The second kappa shape index (κ2) is 5.81. The van der Waals surface area contributed by atoms with Gasteiger partial charge in [0.2, 0.25) is 0 Å². The fourth-order valence-corrected chi connectivity index (χ4v) is 2.83. The first kappa shape index (κ1) is 14.2. The predicted octanol–water partition coefficient (Wildman–Crippen LogP) is 4.56. The van der Waals surface area contributed by atoms with Crippen molar-refractivity contribution in [1.29, 1.82) is 0 Å². The molecule has 0 unspecified atom stereocenters. The number of halogens is 2. The number of hydrogen-bond donors (Lipinski definition) is 1. The van der Waals surface area contributed by atoms with Crippen LogP contribution in [0.3, 0.4) is 0 Å². The van der Waals surface area contributed by atoms with Crippen LogP contribution in [0, 0.1) is 11.3 Å². The quantitative estimate of drug-likeness (QED) is 0.808. The molecule has 0 bridgehead atoms. The molecular formula is C15H21Cl2N. The second-order valence-corrected chi connectivity index (χ2v) is 6.72. The van der Waals surface area contributed by atoms with Gasteiger partial charge in [-0.3, -0.25) is 0 Å². The van der Waals surface area contributed by atoms with Gasteiger partial charge >= 0.3 is 0 Å². The van der Waals surface area contributed by atoms with Crippen molar-refractivity contribution < 1.29 is 0 Å². The molecule has 1 aliphatic rings. The molecule has 0 heterocycles. The Bertz CT molecular complexity index is 391. The molecule has 0 saturated heterocycles. The Morgan fingerprint density at radius 2 is 1.83 bits per heavy atom. The molecule has 0 aliphatic heterocycles. The van der Waals surface area contributed by atoms with Crippen molar-refractivity contribution in [2.75, 3.05) is 13.1 Å². The smallest absolute Gasteiger partial charge is 0.0453 e. The van der Waals surface area contributed by atoms with Gasteiger partial charge in [0, 0.05) is 16.6 Å². The number of nitrogens with one attached hydrogen (secondary N) is 1. The third-order valence-corrected chi connectivity index (χ3v) is 4.33. The third kappa shape index (κ3) is 3.63. The lowest BCUT2D eigenvalue weighted by molar-refractivity contribution is 0.432. The maximum atomic E-state index is 6.24. The van der Waals surface area contributed by atoms with Gasteiger partial charge in [-0.15, -0.1) is 0 Å². The van der Waals surface area contributed by atoms with Crippen LogP contribution < -0.4 is 5.32 Å². The molecule has 1 saturated carbocycles. The molecule has 0 aromatic heterocycles. The Morgan fingerprint density at radius 1 is 1.22 bits per heavy atom. The molecule has 0 amide bonds. The van der Waals surface area contributed by atoms with Crippen LogP contribution in [0.1, 0.15) is 32.3 Å². The summed E-state index contributed by atoms with van der Waals surface area (Å²) >= 11 is 12.5. The second-order valence-electron chi connectivity index (χ2n) is 5.90. The fraction of sp³-hybridized carbons (Fsp3) is 0.600. The van der Waals surface area contributed by atoms with Gasteiger partial charge in [0.05, 0.1) is 0 Å². The summed E-state index contributed by atoms with van der Waals surface area (Å²) in [5, 5.41) is 5.17. The molecule has 1 N–H and O–H groups in total. The fourth-order valence-electron chi connectivity index (χ4n) is 2.30. The molecule has 1 nitrogen and oxygen atoms in total. The van der Waals surface area contributed by atoms with Crippen molar-refractivity contribution >= 4 is 23.2 Å². The molecule has 0 radical (unpaired) electrons. The van der Waals surface area contributed by atoms with E-state index in [0.29, 0.717) is 11.3 Å². The summed E-state index contributed by atoms with van der Waals surface area (Å²) in [4.78, 5) is 0. The van der Waals surface area contributed by atoms with E-state index in [1.54, 1.807) is 0 Å². The summed E-state index contributed by atoms with van der Waals surface area (Å²) < 4.78 is 0. The van der Waals surface area contributed by atoms with Crippen LogP contribution in [-0.2, 0) is 6.42 Å². The van der Waals surface area contributed by atoms with Gasteiger partial charge in [-0.2, -0.15) is 0 Å². The van der Waals surface area contributed by atoms with Crippen LogP contribution in [0.25, 0.3) is 0 Å². The van der Waals surface area contributed by atoms with Crippen molar-refractivity contribution in [2.24, 2.45) is 11.3 Å². The molecule has 1 aliphatic carbocycles. The Hall–Kier alpha value is -0.240. The Kier molecular flexibility index (Phi) is 4.58. The van der Waals surface area contributed by atoms with Gasteiger partial charge in [-0.25, -0.2) is 0 Å². The average molecular weight is 286 g/mol. The zero-order chi connectivity index (χ0) is 13.2. The Morgan fingerprint density at radius 3 is 2.33 bits per heavy atom. The zero-order valence-electron chi connectivity index (χ0n) is 11.1. The lowest BCUT2D eigenvalue weighted by Crippen LogP contribution is -2.28. The first-order valence-corrected chi connectivity index (χ1v) is 7.42. The highest BCUT2D eigenvalue weighted by atomic mass is 35.5. The largest absolute Gasteiger partial charge is 0.316 e. The molecule has 3 heteroatoms. The van der Waals surface area contributed by atoms with E-state index in [-0.39, 0.29) is 0 Å². The van der Waals surface area contributed by atoms with Crippen molar-refractivity contribution in [2.45, 2.75) is 33.1 Å². The topological polar surface area (TPSA) is 12.0 Å². The molecule has 1 aromatic carbocycles. The highest BCUT2D eigenvalue weighted by Gasteiger charge is 2.42. The maximum Gasteiger partial charge on any atom is 0.0453 e. The van der Waals surface area contributed by atoms with Crippen molar-refractivity contribution in [3.63, 3.8) is 0 Å². The van der Waals surface area contributed by atoms with E-state index in [2.05, 4.69) is 19.2 Å². The predicted molar refractivity (Wildman–Crippen MR) is 79.5 cm³/mol. The van der Waals surface area contributed by atoms with Crippen LogP contribution in [0.5, 0.6) is 0 Å². The summed E-state index contributed by atoms with van der Waals surface area (Å²) in [6, 6.07) is 5.77.